The summed E-state index contributed by atoms with van der Waals surface area (Å²) in [5, 5.41) is 12.6. The molecule has 0 spiro atoms. The summed E-state index contributed by atoms with van der Waals surface area (Å²) in [7, 11) is 0. The van der Waals surface area contributed by atoms with Crippen molar-refractivity contribution in [3.8, 4) is 11.3 Å². The number of nitrogens with zero attached hydrogens (tertiary/aromatic N) is 3. The van der Waals surface area contributed by atoms with Gasteiger partial charge < -0.3 is 15.0 Å². The number of aromatic nitrogens is 2. The van der Waals surface area contributed by atoms with Crippen LogP contribution in [0.25, 0.3) is 11.3 Å². The molecule has 2 aliphatic carbocycles. The molecule has 1 aliphatic heterocycles. The predicted molar refractivity (Wildman–Crippen MR) is 124 cm³/mol. The van der Waals surface area contributed by atoms with Gasteiger partial charge in [0, 0.05) is 31.1 Å². The Labute approximate surface area is 199 Å². The number of piperazine rings is 1. The van der Waals surface area contributed by atoms with Crippen molar-refractivity contribution in [1.29, 1.82) is 0 Å². The highest BCUT2D eigenvalue weighted by atomic mass is 19.1. The standard InChI is InChI=1S/C26H32F2N4O2/c1-24(2,3)34-23(33)32-12-11-29-20(14-32)26-10-9-16(25(26,4)5)15-13-19(30-31-22(15)26)21-17(27)7-6-8-18(21)28/h6-8,13,16,20,29H,9-12,14H2,1-5H3/t16-,20?,26-/m0/s1. The Hall–Kier alpha value is -2.61. The molecule has 1 aromatic carbocycles. The number of fused-ring (bicyclic) bond motifs is 5. The molecule has 0 radical (unpaired) electrons. The van der Waals surface area contributed by atoms with Gasteiger partial charge in [0.2, 0.25) is 0 Å². The number of hydrogen-bond acceptors (Lipinski definition) is 5. The second-order valence-corrected chi connectivity index (χ2v) is 11.3. The molecular formula is C26H32F2N4O2. The minimum atomic E-state index is -0.645. The molecule has 8 heteroatoms. The van der Waals surface area contributed by atoms with Gasteiger partial charge in [0.15, 0.2) is 0 Å². The minimum absolute atomic E-state index is 0.0274. The Bertz CT molecular complexity index is 1130. The molecule has 1 aromatic heterocycles. The van der Waals surface area contributed by atoms with Crippen molar-refractivity contribution in [2.45, 2.75) is 70.4 Å². The van der Waals surface area contributed by atoms with Gasteiger partial charge in [0.05, 0.1) is 17.0 Å². The maximum absolute atomic E-state index is 14.5. The maximum atomic E-state index is 14.5. The van der Waals surface area contributed by atoms with Crippen LogP contribution in [0.2, 0.25) is 0 Å². The van der Waals surface area contributed by atoms with Crippen molar-refractivity contribution < 1.29 is 18.3 Å². The lowest BCUT2D eigenvalue weighted by Crippen LogP contribution is -2.63. The van der Waals surface area contributed by atoms with Crippen molar-refractivity contribution in [2.75, 3.05) is 19.6 Å². The number of halogens is 2. The molecule has 2 bridgehead atoms. The Kier molecular flexibility index (Phi) is 5.24. The Balaban J connectivity index is 1.53. The molecule has 34 heavy (non-hydrogen) atoms. The highest BCUT2D eigenvalue weighted by Gasteiger charge is 2.66. The molecule has 3 atom stereocenters. The molecule has 2 aromatic rings. The third-order valence-electron chi connectivity index (χ3n) is 8.11. The predicted octanol–water partition coefficient (Wildman–Crippen LogP) is 4.79. The van der Waals surface area contributed by atoms with E-state index in [4.69, 9.17) is 4.74 Å². The number of benzene rings is 1. The summed E-state index contributed by atoms with van der Waals surface area (Å²) >= 11 is 0. The first-order valence-electron chi connectivity index (χ1n) is 12.0. The van der Waals surface area contributed by atoms with Gasteiger partial charge in [-0.15, -0.1) is 0 Å². The van der Waals surface area contributed by atoms with E-state index in [2.05, 4.69) is 29.4 Å². The van der Waals surface area contributed by atoms with Gasteiger partial charge in [0.1, 0.15) is 17.2 Å². The molecule has 5 rings (SSSR count). The quantitative estimate of drug-likeness (QED) is 0.684. The summed E-state index contributed by atoms with van der Waals surface area (Å²) in [5.41, 5.74) is 0.923. The lowest BCUT2D eigenvalue weighted by molar-refractivity contribution is 0.0110. The van der Waals surface area contributed by atoms with Crippen LogP contribution < -0.4 is 5.32 Å². The fourth-order valence-electron chi connectivity index (χ4n) is 6.58. The summed E-state index contributed by atoms with van der Waals surface area (Å²) in [6, 6.07) is 5.62. The normalized spacial score (nSPS) is 27.6. The van der Waals surface area contributed by atoms with Crippen molar-refractivity contribution >= 4 is 6.09 Å². The molecule has 1 saturated carbocycles. The molecular weight excluding hydrogens is 438 g/mol. The first-order valence-corrected chi connectivity index (χ1v) is 12.0. The number of ether oxygens (including phenoxy) is 1. The fraction of sp³-hybridized carbons (Fsp3) is 0.577. The lowest BCUT2D eigenvalue weighted by atomic mass is 9.63. The fourth-order valence-corrected chi connectivity index (χ4v) is 6.58. The first kappa shape index (κ1) is 23.1. The van der Waals surface area contributed by atoms with Gasteiger partial charge in [-0.1, -0.05) is 19.9 Å². The summed E-state index contributed by atoms with van der Waals surface area (Å²) in [6.45, 7) is 11.8. The number of nitrogens with one attached hydrogen (secondary N) is 1. The topological polar surface area (TPSA) is 67.3 Å². The molecule has 1 saturated heterocycles. The van der Waals surface area contributed by atoms with Crippen molar-refractivity contribution in [1.82, 2.24) is 20.4 Å². The third kappa shape index (κ3) is 3.33. The van der Waals surface area contributed by atoms with Gasteiger partial charge in [-0.05, 0) is 68.7 Å². The van der Waals surface area contributed by atoms with E-state index >= 15 is 0 Å². The third-order valence-corrected chi connectivity index (χ3v) is 8.11. The van der Waals surface area contributed by atoms with E-state index in [0.717, 1.165) is 24.1 Å². The molecule has 1 unspecified atom stereocenters. The lowest BCUT2D eigenvalue weighted by Gasteiger charge is -2.48. The number of hydrogen-bond donors (Lipinski definition) is 1. The van der Waals surface area contributed by atoms with Crippen molar-refractivity contribution in [3.63, 3.8) is 0 Å². The van der Waals surface area contributed by atoms with Gasteiger partial charge >= 0.3 is 6.09 Å². The molecule has 3 aliphatic rings. The van der Waals surface area contributed by atoms with E-state index in [-0.39, 0.29) is 40.1 Å². The smallest absolute Gasteiger partial charge is 0.410 e. The van der Waals surface area contributed by atoms with Crippen LogP contribution in [-0.4, -0.2) is 52.5 Å². The zero-order chi connectivity index (χ0) is 24.5. The van der Waals surface area contributed by atoms with Crippen LogP contribution in [0.15, 0.2) is 24.3 Å². The number of carbonyl (C=O) groups is 1. The highest BCUT2D eigenvalue weighted by molar-refractivity contribution is 5.68. The summed E-state index contributed by atoms with van der Waals surface area (Å²) in [6.07, 6.45) is 1.56. The number of rotatable bonds is 2. The SMILES string of the molecule is CC(C)(C)OC(=O)N1CCNC([C@@]23CC[C@@H](c4cc(-c5c(F)cccc5F)nnc42)C3(C)C)C1. The van der Waals surface area contributed by atoms with E-state index in [9.17, 15) is 13.6 Å². The summed E-state index contributed by atoms with van der Waals surface area (Å²) in [5.74, 6) is -1.09. The van der Waals surface area contributed by atoms with E-state index in [1.165, 1.54) is 18.2 Å². The van der Waals surface area contributed by atoms with Crippen LogP contribution in [0.5, 0.6) is 0 Å². The largest absolute Gasteiger partial charge is 0.444 e. The summed E-state index contributed by atoms with van der Waals surface area (Å²) < 4.78 is 34.6. The van der Waals surface area contributed by atoms with E-state index in [1.807, 2.05) is 26.8 Å². The van der Waals surface area contributed by atoms with E-state index < -0.39 is 17.2 Å². The maximum Gasteiger partial charge on any atom is 0.410 e. The number of amides is 1. The highest BCUT2D eigenvalue weighted by Crippen LogP contribution is 2.68. The van der Waals surface area contributed by atoms with Gasteiger partial charge in [-0.25, -0.2) is 13.6 Å². The molecule has 6 nitrogen and oxygen atoms in total. The Morgan fingerprint density at radius 3 is 2.59 bits per heavy atom. The minimum Gasteiger partial charge on any atom is -0.444 e. The number of carbonyl (C=O) groups excluding carboxylic acids is 1. The zero-order valence-corrected chi connectivity index (χ0v) is 20.4. The van der Waals surface area contributed by atoms with Crippen molar-refractivity contribution in [2.24, 2.45) is 5.41 Å². The molecule has 1 amide bonds. The van der Waals surface area contributed by atoms with Crippen LogP contribution >= 0.6 is 0 Å². The van der Waals surface area contributed by atoms with Gasteiger partial charge in [0.25, 0.3) is 0 Å². The van der Waals surface area contributed by atoms with Crippen LogP contribution in [0, 0.1) is 17.0 Å². The van der Waals surface area contributed by atoms with Crippen LogP contribution in [0.4, 0.5) is 13.6 Å². The zero-order valence-electron chi connectivity index (χ0n) is 20.4. The summed E-state index contributed by atoms with van der Waals surface area (Å²) in [4.78, 5) is 14.6. The average molecular weight is 471 g/mol. The van der Waals surface area contributed by atoms with Crippen LogP contribution in [0.3, 0.4) is 0 Å². The first-order chi connectivity index (χ1) is 16.0. The van der Waals surface area contributed by atoms with E-state index in [0.29, 0.717) is 19.6 Å². The van der Waals surface area contributed by atoms with E-state index in [1.54, 1.807) is 4.90 Å². The molecule has 1 N–H and O–H groups in total. The Morgan fingerprint density at radius 2 is 1.91 bits per heavy atom. The van der Waals surface area contributed by atoms with Crippen LogP contribution in [0.1, 0.15) is 64.6 Å². The molecule has 2 fully saturated rings. The second-order valence-electron chi connectivity index (χ2n) is 11.3. The monoisotopic (exact) mass is 470 g/mol. The second kappa shape index (κ2) is 7.70. The molecule has 2 heterocycles. The Morgan fingerprint density at radius 1 is 1.21 bits per heavy atom. The van der Waals surface area contributed by atoms with Gasteiger partial charge in [-0.3, -0.25) is 0 Å². The van der Waals surface area contributed by atoms with Crippen LogP contribution in [-0.2, 0) is 10.2 Å². The van der Waals surface area contributed by atoms with Gasteiger partial charge in [-0.2, -0.15) is 10.2 Å². The van der Waals surface area contributed by atoms with Crippen molar-refractivity contribution in [3.05, 3.63) is 47.2 Å². The molecule has 182 valence electrons. The average Bonchev–Trinajstić information content (AvgIpc) is 3.14.